The fourth-order valence-electron chi connectivity index (χ4n) is 1.56. The van der Waals surface area contributed by atoms with Crippen molar-refractivity contribution < 1.29 is 13.6 Å². The van der Waals surface area contributed by atoms with Gasteiger partial charge in [0, 0.05) is 15.8 Å². The highest BCUT2D eigenvalue weighted by Crippen LogP contribution is 2.21. The molecule has 0 bridgehead atoms. The first-order valence-corrected chi connectivity index (χ1v) is 6.07. The van der Waals surface area contributed by atoms with Crippen LogP contribution < -0.4 is 11.1 Å². The number of rotatable bonds is 2. The van der Waals surface area contributed by atoms with E-state index in [2.05, 4.69) is 21.2 Å². The first-order valence-electron chi connectivity index (χ1n) is 5.28. The number of hydrogen-bond acceptors (Lipinski definition) is 2. The molecule has 0 aliphatic rings. The summed E-state index contributed by atoms with van der Waals surface area (Å²) < 4.78 is 26.4. The molecule has 0 aliphatic heterocycles. The van der Waals surface area contributed by atoms with Gasteiger partial charge in [-0.15, -0.1) is 0 Å². The average molecular weight is 327 g/mol. The Balaban J connectivity index is 2.25. The lowest BCUT2D eigenvalue weighted by Crippen LogP contribution is -2.13. The predicted molar refractivity (Wildman–Crippen MR) is 72.9 cm³/mol. The molecule has 0 unspecified atom stereocenters. The zero-order chi connectivity index (χ0) is 14.0. The fourth-order valence-corrected chi connectivity index (χ4v) is 2.09. The Morgan fingerprint density at radius 3 is 2.47 bits per heavy atom. The van der Waals surface area contributed by atoms with Crippen molar-refractivity contribution in [3.05, 3.63) is 58.1 Å². The molecule has 1 amide bonds. The molecule has 0 atom stereocenters. The van der Waals surface area contributed by atoms with Crippen LogP contribution >= 0.6 is 15.9 Å². The van der Waals surface area contributed by atoms with Crippen LogP contribution in [0.3, 0.4) is 0 Å². The lowest BCUT2D eigenvalue weighted by atomic mass is 10.2. The fraction of sp³-hybridized carbons (Fsp3) is 0. The number of nitrogen functional groups attached to an aromatic ring is 1. The second kappa shape index (κ2) is 5.36. The number of anilines is 2. The molecule has 0 heterocycles. The van der Waals surface area contributed by atoms with Crippen LogP contribution in [0.15, 0.2) is 40.9 Å². The number of carbonyl (C=O) groups is 1. The molecule has 6 heteroatoms. The third-order valence-electron chi connectivity index (χ3n) is 2.35. The number of halogens is 3. The van der Waals surface area contributed by atoms with Crippen LogP contribution in [0.4, 0.5) is 20.2 Å². The summed E-state index contributed by atoms with van der Waals surface area (Å²) >= 11 is 3.09. The van der Waals surface area contributed by atoms with E-state index in [1.807, 2.05) is 0 Å². The molecule has 3 nitrogen and oxygen atoms in total. The second-order valence-electron chi connectivity index (χ2n) is 3.85. The smallest absolute Gasteiger partial charge is 0.256 e. The van der Waals surface area contributed by atoms with E-state index in [4.69, 9.17) is 5.73 Å². The lowest BCUT2D eigenvalue weighted by molar-refractivity contribution is 0.102. The molecule has 0 aliphatic carbocycles. The molecule has 0 saturated heterocycles. The molecule has 3 N–H and O–H groups in total. The monoisotopic (exact) mass is 326 g/mol. The van der Waals surface area contributed by atoms with Gasteiger partial charge in [-0.1, -0.05) is 0 Å². The normalized spacial score (nSPS) is 10.3. The van der Waals surface area contributed by atoms with Crippen molar-refractivity contribution in [2.45, 2.75) is 0 Å². The van der Waals surface area contributed by atoms with Crippen LogP contribution in [-0.2, 0) is 0 Å². The number of carbonyl (C=O) groups excluding carboxylic acids is 1. The van der Waals surface area contributed by atoms with Gasteiger partial charge in [-0.2, -0.15) is 0 Å². The molecule has 19 heavy (non-hydrogen) atoms. The molecule has 2 aromatic carbocycles. The lowest BCUT2D eigenvalue weighted by Gasteiger charge is -2.08. The number of nitrogens with one attached hydrogen (secondary N) is 1. The summed E-state index contributed by atoms with van der Waals surface area (Å²) in [5.74, 6) is -1.50. The van der Waals surface area contributed by atoms with Crippen LogP contribution in [0.2, 0.25) is 0 Å². The summed E-state index contributed by atoms with van der Waals surface area (Å²) in [6, 6.07) is 7.39. The van der Waals surface area contributed by atoms with Crippen LogP contribution in [0.1, 0.15) is 10.4 Å². The highest BCUT2D eigenvalue weighted by atomic mass is 79.9. The quantitative estimate of drug-likeness (QED) is 0.829. The summed E-state index contributed by atoms with van der Waals surface area (Å²) in [4.78, 5) is 11.9. The third-order valence-corrected chi connectivity index (χ3v) is 3.01. The summed E-state index contributed by atoms with van der Waals surface area (Å²) in [6.07, 6.45) is 0. The van der Waals surface area contributed by atoms with Crippen molar-refractivity contribution in [1.29, 1.82) is 0 Å². The molecule has 2 rings (SSSR count). The molecular formula is C13H9BrF2N2O. The van der Waals surface area contributed by atoms with Gasteiger partial charge in [0.05, 0.1) is 5.56 Å². The first kappa shape index (κ1) is 13.5. The zero-order valence-corrected chi connectivity index (χ0v) is 11.2. The van der Waals surface area contributed by atoms with Crippen molar-refractivity contribution >= 4 is 33.2 Å². The van der Waals surface area contributed by atoms with Crippen molar-refractivity contribution in [2.75, 3.05) is 11.1 Å². The Morgan fingerprint density at radius 1 is 1.11 bits per heavy atom. The Bertz CT molecular complexity index is 626. The Hall–Kier alpha value is -1.95. The second-order valence-corrected chi connectivity index (χ2v) is 4.71. The van der Waals surface area contributed by atoms with Gasteiger partial charge < -0.3 is 11.1 Å². The van der Waals surface area contributed by atoms with E-state index in [0.29, 0.717) is 4.47 Å². The molecule has 0 spiro atoms. The van der Waals surface area contributed by atoms with Crippen LogP contribution in [0.25, 0.3) is 0 Å². The van der Waals surface area contributed by atoms with Gasteiger partial charge in [0.2, 0.25) is 0 Å². The van der Waals surface area contributed by atoms with E-state index in [1.54, 1.807) is 0 Å². The first-order chi connectivity index (χ1) is 8.95. The van der Waals surface area contributed by atoms with E-state index < -0.39 is 17.5 Å². The summed E-state index contributed by atoms with van der Waals surface area (Å²) in [6.45, 7) is 0. The van der Waals surface area contributed by atoms with E-state index in [-0.39, 0.29) is 16.9 Å². The van der Waals surface area contributed by atoms with Crippen LogP contribution in [0.5, 0.6) is 0 Å². The molecule has 98 valence electrons. The molecule has 2 aromatic rings. The summed E-state index contributed by atoms with van der Waals surface area (Å²) in [5, 5.41) is 2.49. The minimum atomic E-state index is -0.548. The largest absolute Gasteiger partial charge is 0.399 e. The highest BCUT2D eigenvalue weighted by molar-refractivity contribution is 9.10. The highest BCUT2D eigenvalue weighted by Gasteiger charge is 2.11. The molecule has 0 aromatic heterocycles. The maximum Gasteiger partial charge on any atom is 0.256 e. The maximum atomic E-state index is 13.1. The molecule has 0 radical (unpaired) electrons. The number of nitrogens with two attached hydrogens (primary N) is 1. The van der Waals surface area contributed by atoms with Gasteiger partial charge in [-0.3, -0.25) is 4.79 Å². The predicted octanol–water partition coefficient (Wildman–Crippen LogP) is 3.56. The van der Waals surface area contributed by atoms with E-state index in [9.17, 15) is 13.6 Å². The van der Waals surface area contributed by atoms with Crippen molar-refractivity contribution in [3.8, 4) is 0 Å². The van der Waals surface area contributed by atoms with Crippen LogP contribution in [-0.4, -0.2) is 5.91 Å². The Kier molecular flexibility index (Phi) is 3.80. The summed E-state index contributed by atoms with van der Waals surface area (Å²) in [7, 11) is 0. The SMILES string of the molecule is Nc1cc(F)cc(NC(=O)c2ccc(F)cc2Br)c1. The van der Waals surface area contributed by atoms with Gasteiger partial charge >= 0.3 is 0 Å². The van der Waals surface area contributed by atoms with Gasteiger partial charge in [0.1, 0.15) is 11.6 Å². The van der Waals surface area contributed by atoms with Crippen LogP contribution in [0, 0.1) is 11.6 Å². The number of amides is 1. The average Bonchev–Trinajstić information content (AvgIpc) is 2.26. The van der Waals surface area contributed by atoms with Crippen molar-refractivity contribution in [1.82, 2.24) is 0 Å². The topological polar surface area (TPSA) is 55.1 Å². The van der Waals surface area contributed by atoms with E-state index in [0.717, 1.165) is 12.1 Å². The molecular weight excluding hydrogens is 318 g/mol. The Morgan fingerprint density at radius 2 is 1.84 bits per heavy atom. The standard InChI is InChI=1S/C13H9BrF2N2O/c14-12-5-7(15)1-2-11(12)13(19)18-10-4-8(16)3-9(17)6-10/h1-6H,17H2,(H,18,19). The van der Waals surface area contributed by atoms with Crippen molar-refractivity contribution in [3.63, 3.8) is 0 Å². The minimum Gasteiger partial charge on any atom is -0.399 e. The van der Waals surface area contributed by atoms with E-state index in [1.165, 1.54) is 24.3 Å². The molecule has 0 saturated carbocycles. The van der Waals surface area contributed by atoms with E-state index >= 15 is 0 Å². The number of hydrogen-bond donors (Lipinski definition) is 2. The molecule has 0 fully saturated rings. The zero-order valence-electron chi connectivity index (χ0n) is 9.58. The van der Waals surface area contributed by atoms with Crippen molar-refractivity contribution in [2.24, 2.45) is 0 Å². The van der Waals surface area contributed by atoms with Gasteiger partial charge in [0.15, 0.2) is 0 Å². The summed E-state index contributed by atoms with van der Waals surface area (Å²) in [5.41, 5.74) is 6.15. The van der Waals surface area contributed by atoms with Gasteiger partial charge in [0.25, 0.3) is 5.91 Å². The Labute approximate surface area is 116 Å². The third kappa shape index (κ3) is 3.29. The minimum absolute atomic E-state index is 0.202. The number of benzene rings is 2. The maximum absolute atomic E-state index is 13.1. The van der Waals surface area contributed by atoms with Gasteiger partial charge in [-0.25, -0.2) is 8.78 Å². The van der Waals surface area contributed by atoms with Gasteiger partial charge in [-0.05, 0) is 52.3 Å².